The summed E-state index contributed by atoms with van der Waals surface area (Å²) in [5, 5.41) is 32.2. The highest BCUT2D eigenvalue weighted by Gasteiger charge is 2.25. The lowest BCUT2D eigenvalue weighted by atomic mass is 10.1. The minimum atomic E-state index is -1.29. The van der Waals surface area contributed by atoms with Gasteiger partial charge in [-0.15, -0.1) is 11.3 Å². The zero-order valence-corrected chi connectivity index (χ0v) is 16.6. The number of aliphatic hydroxyl groups excluding tert-OH is 1. The smallest absolute Gasteiger partial charge is 0.326 e. The number of aromatic amines is 1. The van der Waals surface area contributed by atoms with Crippen molar-refractivity contribution in [3.8, 4) is 0 Å². The number of nitrogens with zero attached hydrogens (tertiary/aromatic N) is 2. The van der Waals surface area contributed by atoms with Crippen molar-refractivity contribution in [1.82, 2.24) is 15.2 Å². The molecule has 1 aliphatic heterocycles. The molecule has 11 nitrogen and oxygen atoms in total. The Hall–Kier alpha value is -3.38. The lowest BCUT2D eigenvalue weighted by Crippen LogP contribution is -2.41. The Morgan fingerprint density at radius 3 is 2.80 bits per heavy atom. The molecule has 0 bridgehead atoms. The summed E-state index contributed by atoms with van der Waals surface area (Å²) in [5.41, 5.74) is 6.57. The Morgan fingerprint density at radius 1 is 1.33 bits per heavy atom. The summed E-state index contributed by atoms with van der Waals surface area (Å²) in [5.74, 6) is -2.08. The van der Waals surface area contributed by atoms with Crippen molar-refractivity contribution >= 4 is 47.2 Å². The SMILES string of the molecule is Nc1cc2c([nH]1)N=CN(CCc1cc(C(=O)N[C@@H](CCC(=O)O)C(=O)O)cs1)C2O. The van der Waals surface area contributed by atoms with Gasteiger partial charge in [-0.3, -0.25) is 9.59 Å². The van der Waals surface area contributed by atoms with Crippen molar-refractivity contribution in [2.24, 2.45) is 4.99 Å². The number of fused-ring (bicyclic) bond motifs is 1. The van der Waals surface area contributed by atoms with Gasteiger partial charge in [-0.1, -0.05) is 0 Å². The fraction of sp³-hybridized carbons (Fsp3) is 0.333. The Bertz CT molecular complexity index is 984. The Kier molecular flexibility index (Phi) is 6.37. The number of nitrogen functional groups attached to an aromatic ring is 1. The Morgan fingerprint density at radius 2 is 2.10 bits per heavy atom. The lowest BCUT2D eigenvalue weighted by Gasteiger charge is -2.28. The van der Waals surface area contributed by atoms with Gasteiger partial charge in [-0.2, -0.15) is 0 Å². The number of carboxylic acid groups (broad SMARTS) is 2. The van der Waals surface area contributed by atoms with Crippen molar-refractivity contribution in [1.29, 1.82) is 0 Å². The summed E-state index contributed by atoms with van der Waals surface area (Å²) in [6.07, 6.45) is 0.590. The number of amides is 1. The summed E-state index contributed by atoms with van der Waals surface area (Å²) < 4.78 is 0. The normalized spacial score (nSPS) is 16.2. The van der Waals surface area contributed by atoms with Crippen molar-refractivity contribution in [2.45, 2.75) is 31.5 Å². The zero-order valence-electron chi connectivity index (χ0n) is 15.7. The van der Waals surface area contributed by atoms with E-state index in [0.717, 1.165) is 4.88 Å². The molecule has 12 heteroatoms. The molecule has 7 N–H and O–H groups in total. The summed E-state index contributed by atoms with van der Waals surface area (Å²) >= 11 is 1.33. The standard InChI is InChI=1S/C18H21N5O6S/c19-13-6-11-15(22-13)20-8-23(17(11)27)4-3-10-5-9(7-30-10)16(26)21-12(18(28)29)1-2-14(24)25/h5-8,12,17,22,27H,1-4,19H2,(H,21,26)(H,24,25)(H,28,29)/t12-,17?/m0/s1. The van der Waals surface area contributed by atoms with E-state index in [1.807, 2.05) is 0 Å². The maximum atomic E-state index is 12.3. The van der Waals surface area contributed by atoms with E-state index in [1.54, 1.807) is 22.4 Å². The number of H-pyrrole nitrogens is 1. The van der Waals surface area contributed by atoms with Crippen LogP contribution >= 0.6 is 11.3 Å². The van der Waals surface area contributed by atoms with E-state index >= 15 is 0 Å². The van der Waals surface area contributed by atoms with Gasteiger partial charge in [0.25, 0.3) is 5.91 Å². The lowest BCUT2D eigenvalue weighted by molar-refractivity contribution is -0.140. The summed E-state index contributed by atoms with van der Waals surface area (Å²) in [7, 11) is 0. The number of aromatic nitrogens is 1. The molecule has 0 fully saturated rings. The van der Waals surface area contributed by atoms with Crippen LogP contribution in [0, 0.1) is 0 Å². The zero-order chi connectivity index (χ0) is 21.8. The highest BCUT2D eigenvalue weighted by Crippen LogP contribution is 2.32. The van der Waals surface area contributed by atoms with Crippen LogP contribution in [-0.2, 0) is 16.0 Å². The summed E-state index contributed by atoms with van der Waals surface area (Å²) in [6, 6.07) is 1.99. The quantitative estimate of drug-likeness (QED) is 0.336. The van der Waals surface area contributed by atoms with Gasteiger partial charge in [0.15, 0.2) is 6.23 Å². The molecule has 1 amide bonds. The number of carbonyl (C=O) groups is 3. The first-order valence-electron chi connectivity index (χ1n) is 9.04. The van der Waals surface area contributed by atoms with Gasteiger partial charge in [-0.25, -0.2) is 9.79 Å². The van der Waals surface area contributed by atoms with Gasteiger partial charge in [-0.05, 0) is 25.0 Å². The van der Waals surface area contributed by atoms with E-state index in [4.69, 9.17) is 15.9 Å². The van der Waals surface area contributed by atoms with E-state index in [0.29, 0.717) is 35.7 Å². The van der Waals surface area contributed by atoms with Crippen molar-refractivity contribution in [3.63, 3.8) is 0 Å². The molecule has 3 heterocycles. The van der Waals surface area contributed by atoms with Crippen LogP contribution in [0.4, 0.5) is 11.6 Å². The maximum absolute atomic E-state index is 12.3. The number of carbonyl (C=O) groups excluding carboxylic acids is 1. The molecule has 1 aliphatic rings. The molecular weight excluding hydrogens is 414 g/mol. The minimum Gasteiger partial charge on any atom is -0.481 e. The van der Waals surface area contributed by atoms with Crippen molar-refractivity contribution < 1.29 is 29.7 Å². The third-order valence-electron chi connectivity index (χ3n) is 4.56. The predicted octanol–water partition coefficient (Wildman–Crippen LogP) is 0.915. The highest BCUT2D eigenvalue weighted by atomic mass is 32.1. The second kappa shape index (κ2) is 8.97. The average molecular weight is 435 g/mol. The molecule has 2 aromatic rings. The number of nitrogens with two attached hydrogens (primary N) is 1. The number of hydrogen-bond donors (Lipinski definition) is 6. The molecule has 0 aromatic carbocycles. The fourth-order valence-corrected chi connectivity index (χ4v) is 3.83. The topological polar surface area (TPSA) is 181 Å². The molecule has 0 saturated carbocycles. The van der Waals surface area contributed by atoms with Gasteiger partial charge in [0, 0.05) is 28.8 Å². The number of thiophene rings is 1. The van der Waals surface area contributed by atoms with Gasteiger partial charge in [0.2, 0.25) is 0 Å². The van der Waals surface area contributed by atoms with Crippen LogP contribution in [-0.4, -0.2) is 62.0 Å². The predicted molar refractivity (Wildman–Crippen MR) is 109 cm³/mol. The van der Waals surface area contributed by atoms with E-state index in [-0.39, 0.29) is 12.8 Å². The van der Waals surface area contributed by atoms with Crippen LogP contribution < -0.4 is 11.1 Å². The average Bonchev–Trinajstić information content (AvgIpc) is 3.30. The third-order valence-corrected chi connectivity index (χ3v) is 5.55. The number of carboxylic acids is 2. The number of nitrogens with one attached hydrogen (secondary N) is 2. The first kappa shape index (κ1) is 21.3. The minimum absolute atomic E-state index is 0.203. The molecule has 3 rings (SSSR count). The maximum Gasteiger partial charge on any atom is 0.326 e. The molecular formula is C18H21N5O6S. The molecule has 0 aliphatic carbocycles. The number of aliphatic imine (C=N–C) groups is 1. The monoisotopic (exact) mass is 435 g/mol. The molecule has 0 saturated heterocycles. The Balaban J connectivity index is 1.56. The van der Waals surface area contributed by atoms with Crippen molar-refractivity contribution in [2.75, 3.05) is 12.3 Å². The number of anilines is 1. The fourth-order valence-electron chi connectivity index (χ4n) is 2.98. The van der Waals surface area contributed by atoms with Gasteiger partial charge >= 0.3 is 11.9 Å². The molecule has 30 heavy (non-hydrogen) atoms. The summed E-state index contributed by atoms with van der Waals surface area (Å²) in [6.45, 7) is 0.438. The van der Waals surface area contributed by atoms with Gasteiger partial charge in [0.1, 0.15) is 17.7 Å². The molecule has 2 aromatic heterocycles. The number of aliphatic carboxylic acids is 2. The number of rotatable bonds is 9. The first-order chi connectivity index (χ1) is 14.2. The van der Waals surface area contributed by atoms with Crippen LogP contribution in [0.1, 0.15) is 39.9 Å². The van der Waals surface area contributed by atoms with Gasteiger partial charge < -0.3 is 36.3 Å². The van der Waals surface area contributed by atoms with Crippen LogP contribution in [0.2, 0.25) is 0 Å². The molecule has 0 spiro atoms. The molecule has 1 unspecified atom stereocenters. The number of hydrogen-bond acceptors (Lipinski definition) is 8. The summed E-state index contributed by atoms with van der Waals surface area (Å²) in [4.78, 5) is 43.7. The second-order valence-electron chi connectivity index (χ2n) is 6.73. The second-order valence-corrected chi connectivity index (χ2v) is 7.73. The van der Waals surface area contributed by atoms with Crippen LogP contribution in [0.25, 0.3) is 0 Å². The first-order valence-corrected chi connectivity index (χ1v) is 9.92. The number of aliphatic hydroxyl groups is 1. The molecule has 160 valence electrons. The largest absolute Gasteiger partial charge is 0.481 e. The van der Waals surface area contributed by atoms with E-state index in [2.05, 4.69) is 15.3 Å². The van der Waals surface area contributed by atoms with E-state index < -0.39 is 30.1 Å². The van der Waals surface area contributed by atoms with Crippen molar-refractivity contribution in [3.05, 3.63) is 33.5 Å². The highest BCUT2D eigenvalue weighted by molar-refractivity contribution is 7.10. The van der Waals surface area contributed by atoms with Gasteiger partial charge in [0.05, 0.1) is 11.9 Å². The molecule has 0 radical (unpaired) electrons. The van der Waals surface area contributed by atoms with E-state index in [9.17, 15) is 19.5 Å². The molecule has 2 atom stereocenters. The van der Waals surface area contributed by atoms with Crippen LogP contribution in [0.3, 0.4) is 0 Å². The third kappa shape index (κ3) is 4.96. The Labute approximate surface area is 174 Å². The van der Waals surface area contributed by atoms with E-state index in [1.165, 1.54) is 17.7 Å². The van der Waals surface area contributed by atoms with Crippen LogP contribution in [0.5, 0.6) is 0 Å². The van der Waals surface area contributed by atoms with Crippen LogP contribution in [0.15, 0.2) is 22.5 Å².